The molecule has 0 bridgehead atoms. The molecule has 1 aliphatic rings. The molecule has 0 amide bonds. The average Bonchev–Trinajstić information content (AvgIpc) is 2.31. The van der Waals surface area contributed by atoms with E-state index in [1.54, 1.807) is 0 Å². The molecule has 3 atom stereocenters. The van der Waals surface area contributed by atoms with Gasteiger partial charge in [0.15, 0.2) is 0 Å². The maximum atomic E-state index is 13.6. The zero-order valence-electron chi connectivity index (χ0n) is 9.79. The molecule has 1 heterocycles. The fourth-order valence-corrected chi connectivity index (χ4v) is 2.53. The van der Waals surface area contributed by atoms with Crippen LogP contribution in [0.4, 0.5) is 4.39 Å². The zero-order chi connectivity index (χ0) is 12.4. The first-order valence-corrected chi connectivity index (χ1v) is 6.32. The molecule has 2 rings (SSSR count). The Hall–Kier alpha value is -0.640. The number of hydrogen-bond donors (Lipinski definition) is 2. The summed E-state index contributed by atoms with van der Waals surface area (Å²) < 4.78 is 13.6. The van der Waals surface area contributed by atoms with Gasteiger partial charge in [-0.05, 0) is 43.5 Å². The number of hydrogen-bond acceptors (Lipinski definition) is 2. The Morgan fingerprint density at radius 1 is 1.53 bits per heavy atom. The third-order valence-corrected chi connectivity index (χ3v) is 3.59. The molecule has 0 saturated carbocycles. The summed E-state index contributed by atoms with van der Waals surface area (Å²) in [5.41, 5.74) is 0.282. The van der Waals surface area contributed by atoms with Gasteiger partial charge in [0, 0.05) is 16.6 Å². The maximum absolute atomic E-state index is 13.6. The van der Waals surface area contributed by atoms with E-state index in [1.807, 2.05) is 0 Å². The van der Waals surface area contributed by atoms with Gasteiger partial charge < -0.3 is 10.4 Å². The smallest absolute Gasteiger partial charge is 0.129 e. The molecule has 1 fully saturated rings. The van der Waals surface area contributed by atoms with Gasteiger partial charge >= 0.3 is 0 Å². The average molecular weight is 258 g/mol. The Morgan fingerprint density at radius 3 is 3.00 bits per heavy atom. The molecule has 2 N–H and O–H groups in total. The van der Waals surface area contributed by atoms with Crippen LogP contribution in [0.2, 0.25) is 5.02 Å². The number of piperidine rings is 1. The monoisotopic (exact) mass is 257 g/mol. The highest BCUT2D eigenvalue weighted by Gasteiger charge is 2.27. The molecule has 1 aliphatic heterocycles. The van der Waals surface area contributed by atoms with E-state index in [4.69, 9.17) is 11.6 Å². The van der Waals surface area contributed by atoms with Gasteiger partial charge in [0.1, 0.15) is 5.82 Å². The van der Waals surface area contributed by atoms with E-state index < -0.39 is 11.9 Å². The SMILES string of the molecule is CC1CCNC(C(O)c2cc(Cl)ccc2F)C1. The van der Waals surface area contributed by atoms with E-state index >= 15 is 0 Å². The van der Waals surface area contributed by atoms with Crippen LogP contribution in [0, 0.1) is 11.7 Å². The largest absolute Gasteiger partial charge is 0.387 e. The summed E-state index contributed by atoms with van der Waals surface area (Å²) in [4.78, 5) is 0. The molecule has 2 nitrogen and oxygen atoms in total. The first-order valence-electron chi connectivity index (χ1n) is 5.94. The van der Waals surface area contributed by atoms with Crippen LogP contribution in [0.5, 0.6) is 0 Å². The van der Waals surface area contributed by atoms with E-state index in [-0.39, 0.29) is 11.6 Å². The van der Waals surface area contributed by atoms with Crippen molar-refractivity contribution >= 4 is 11.6 Å². The lowest BCUT2D eigenvalue weighted by molar-refractivity contribution is 0.0982. The highest BCUT2D eigenvalue weighted by molar-refractivity contribution is 6.30. The Balaban J connectivity index is 2.18. The Labute approximate surface area is 106 Å². The third kappa shape index (κ3) is 2.97. The van der Waals surface area contributed by atoms with Crippen molar-refractivity contribution in [2.45, 2.75) is 31.9 Å². The number of nitrogens with one attached hydrogen (secondary N) is 1. The van der Waals surface area contributed by atoms with Gasteiger partial charge in [-0.1, -0.05) is 18.5 Å². The number of benzene rings is 1. The highest BCUT2D eigenvalue weighted by Crippen LogP contribution is 2.28. The van der Waals surface area contributed by atoms with E-state index in [0.29, 0.717) is 10.9 Å². The van der Waals surface area contributed by atoms with Crippen LogP contribution >= 0.6 is 11.6 Å². The van der Waals surface area contributed by atoms with Crippen LogP contribution < -0.4 is 5.32 Å². The van der Waals surface area contributed by atoms with Crippen molar-refractivity contribution in [1.29, 1.82) is 0 Å². The van der Waals surface area contributed by atoms with Crippen molar-refractivity contribution < 1.29 is 9.50 Å². The fourth-order valence-electron chi connectivity index (χ4n) is 2.35. The third-order valence-electron chi connectivity index (χ3n) is 3.36. The standard InChI is InChI=1S/C13H17ClFNO/c1-8-4-5-16-12(6-8)13(17)10-7-9(14)2-3-11(10)15/h2-3,7-8,12-13,16-17H,4-6H2,1H3. The molecule has 0 spiro atoms. The quantitative estimate of drug-likeness (QED) is 0.854. The van der Waals surface area contributed by atoms with E-state index in [1.165, 1.54) is 18.2 Å². The molecule has 4 heteroatoms. The van der Waals surface area contributed by atoms with Crippen LogP contribution in [0.3, 0.4) is 0 Å². The van der Waals surface area contributed by atoms with Crippen molar-refractivity contribution in [2.75, 3.05) is 6.54 Å². The molecule has 94 valence electrons. The van der Waals surface area contributed by atoms with E-state index in [2.05, 4.69) is 12.2 Å². The molecule has 1 aromatic rings. The predicted molar refractivity (Wildman–Crippen MR) is 66.6 cm³/mol. The molecule has 17 heavy (non-hydrogen) atoms. The molecule has 0 aliphatic carbocycles. The molecule has 0 radical (unpaired) electrons. The first-order chi connectivity index (χ1) is 8.08. The second kappa shape index (κ2) is 5.34. The fraction of sp³-hybridized carbons (Fsp3) is 0.538. The Bertz CT molecular complexity index is 399. The summed E-state index contributed by atoms with van der Waals surface area (Å²) in [6, 6.07) is 4.20. The molecular weight excluding hydrogens is 241 g/mol. The molecule has 3 unspecified atom stereocenters. The summed E-state index contributed by atoms with van der Waals surface area (Å²) in [6.07, 6.45) is 1.12. The van der Waals surface area contributed by atoms with Gasteiger partial charge in [-0.15, -0.1) is 0 Å². The van der Waals surface area contributed by atoms with Gasteiger partial charge in [0.25, 0.3) is 0 Å². The van der Waals surface area contributed by atoms with Crippen molar-refractivity contribution in [3.63, 3.8) is 0 Å². The Kier molecular flexibility index (Phi) is 4.02. The molecule has 1 saturated heterocycles. The van der Waals surface area contributed by atoms with Gasteiger partial charge in [-0.2, -0.15) is 0 Å². The molecular formula is C13H17ClFNO. The minimum absolute atomic E-state index is 0.0910. The zero-order valence-corrected chi connectivity index (χ0v) is 10.5. The lowest BCUT2D eigenvalue weighted by Crippen LogP contribution is -2.41. The number of aliphatic hydroxyl groups is 1. The number of aliphatic hydroxyl groups excluding tert-OH is 1. The number of halogens is 2. The highest BCUT2D eigenvalue weighted by atomic mass is 35.5. The lowest BCUT2D eigenvalue weighted by atomic mass is 9.88. The van der Waals surface area contributed by atoms with Crippen LogP contribution in [-0.4, -0.2) is 17.7 Å². The topological polar surface area (TPSA) is 32.3 Å². The van der Waals surface area contributed by atoms with Crippen molar-refractivity contribution in [3.05, 3.63) is 34.6 Å². The lowest BCUT2D eigenvalue weighted by Gasteiger charge is -2.32. The van der Waals surface area contributed by atoms with E-state index in [9.17, 15) is 9.50 Å². The maximum Gasteiger partial charge on any atom is 0.129 e. The number of rotatable bonds is 2. The van der Waals surface area contributed by atoms with Crippen LogP contribution in [0.25, 0.3) is 0 Å². The van der Waals surface area contributed by atoms with Gasteiger partial charge in [-0.3, -0.25) is 0 Å². The summed E-state index contributed by atoms with van der Waals surface area (Å²) in [6.45, 7) is 3.01. The summed E-state index contributed by atoms with van der Waals surface area (Å²) >= 11 is 5.83. The predicted octanol–water partition coefficient (Wildman–Crippen LogP) is 2.90. The molecule has 1 aromatic carbocycles. The normalized spacial score (nSPS) is 26.8. The van der Waals surface area contributed by atoms with Crippen LogP contribution in [0.1, 0.15) is 31.4 Å². The van der Waals surface area contributed by atoms with Crippen molar-refractivity contribution in [3.8, 4) is 0 Å². The second-order valence-corrected chi connectivity index (χ2v) is 5.24. The van der Waals surface area contributed by atoms with Gasteiger partial charge in [-0.25, -0.2) is 4.39 Å². The van der Waals surface area contributed by atoms with Crippen LogP contribution in [0.15, 0.2) is 18.2 Å². The minimum Gasteiger partial charge on any atom is -0.387 e. The van der Waals surface area contributed by atoms with Gasteiger partial charge in [0.05, 0.1) is 6.10 Å². The summed E-state index contributed by atoms with van der Waals surface area (Å²) in [7, 11) is 0. The van der Waals surface area contributed by atoms with Crippen LogP contribution in [-0.2, 0) is 0 Å². The van der Waals surface area contributed by atoms with Crippen molar-refractivity contribution in [1.82, 2.24) is 5.32 Å². The van der Waals surface area contributed by atoms with Crippen molar-refractivity contribution in [2.24, 2.45) is 5.92 Å². The Morgan fingerprint density at radius 2 is 2.29 bits per heavy atom. The molecule has 0 aromatic heterocycles. The second-order valence-electron chi connectivity index (χ2n) is 4.80. The van der Waals surface area contributed by atoms with E-state index in [0.717, 1.165) is 19.4 Å². The summed E-state index contributed by atoms with van der Waals surface area (Å²) in [5, 5.41) is 13.9. The first kappa shape index (κ1) is 12.8. The summed E-state index contributed by atoms with van der Waals surface area (Å²) in [5.74, 6) is 0.153. The van der Waals surface area contributed by atoms with Gasteiger partial charge in [0.2, 0.25) is 0 Å². The minimum atomic E-state index is -0.837.